The molecule has 4 bridgehead atoms. The highest BCUT2D eigenvalue weighted by atomic mass is 16.2. The summed E-state index contributed by atoms with van der Waals surface area (Å²) in [5, 5.41) is 3.47. The lowest BCUT2D eigenvalue weighted by molar-refractivity contribution is -0.149. The molecule has 5 fully saturated rings. The molecule has 1 aromatic rings. The van der Waals surface area contributed by atoms with Crippen molar-refractivity contribution in [3.05, 3.63) is 35.9 Å². The Kier molecular flexibility index (Phi) is 3.34. The van der Waals surface area contributed by atoms with Crippen LogP contribution in [0.5, 0.6) is 0 Å². The van der Waals surface area contributed by atoms with E-state index in [1.807, 2.05) is 0 Å². The number of nitrogens with one attached hydrogen (secondary N) is 1. The number of rotatable bonds is 3. The summed E-state index contributed by atoms with van der Waals surface area (Å²) in [6, 6.07) is 11.6. The van der Waals surface area contributed by atoms with E-state index in [0.717, 1.165) is 31.1 Å². The molecular formula is C22H29NO. The molecule has 5 aliphatic carbocycles. The monoisotopic (exact) mass is 323 g/mol. The topological polar surface area (TPSA) is 29.1 Å². The van der Waals surface area contributed by atoms with Crippen molar-refractivity contribution < 1.29 is 4.79 Å². The lowest BCUT2D eigenvalue weighted by Crippen LogP contribution is -2.59. The van der Waals surface area contributed by atoms with Crippen LogP contribution in [0.4, 0.5) is 0 Å². The van der Waals surface area contributed by atoms with Crippen molar-refractivity contribution in [2.75, 3.05) is 0 Å². The maximum Gasteiger partial charge on any atom is 0.226 e. The molecule has 2 nitrogen and oxygen atoms in total. The first-order valence-electron chi connectivity index (χ1n) is 10.0. The SMILES string of the molecule is O=C(NC1CCCC1)C12C[C@H]3C[C@H](C1)CC(c1ccccc1)(C3)C2. The molecule has 2 heteroatoms. The molecule has 1 aromatic carbocycles. The Bertz CT molecular complexity index is 617. The Labute approximate surface area is 145 Å². The van der Waals surface area contributed by atoms with E-state index in [0.29, 0.717) is 11.9 Å². The van der Waals surface area contributed by atoms with Crippen molar-refractivity contribution in [2.24, 2.45) is 17.3 Å². The van der Waals surface area contributed by atoms with E-state index in [-0.39, 0.29) is 10.8 Å². The minimum absolute atomic E-state index is 0.0669. The van der Waals surface area contributed by atoms with Crippen LogP contribution in [0, 0.1) is 17.3 Å². The summed E-state index contributed by atoms with van der Waals surface area (Å²) in [4.78, 5) is 13.3. The van der Waals surface area contributed by atoms with Crippen LogP contribution in [0.15, 0.2) is 30.3 Å². The molecular weight excluding hydrogens is 294 g/mol. The van der Waals surface area contributed by atoms with E-state index < -0.39 is 0 Å². The molecule has 5 aliphatic rings. The van der Waals surface area contributed by atoms with Gasteiger partial charge in [0.05, 0.1) is 5.41 Å². The van der Waals surface area contributed by atoms with Crippen molar-refractivity contribution in [3.8, 4) is 0 Å². The Morgan fingerprint density at radius 3 is 2.29 bits per heavy atom. The smallest absolute Gasteiger partial charge is 0.226 e. The highest BCUT2D eigenvalue weighted by Crippen LogP contribution is 2.65. The normalized spacial score (nSPS) is 40.8. The first-order chi connectivity index (χ1) is 11.7. The zero-order valence-electron chi connectivity index (χ0n) is 14.6. The van der Waals surface area contributed by atoms with Crippen LogP contribution in [0.25, 0.3) is 0 Å². The largest absolute Gasteiger partial charge is 0.353 e. The molecule has 1 N–H and O–H groups in total. The minimum atomic E-state index is -0.0669. The second-order valence-corrected chi connectivity index (χ2v) is 9.34. The summed E-state index contributed by atoms with van der Waals surface area (Å²) in [5.74, 6) is 1.94. The molecule has 0 radical (unpaired) electrons. The summed E-state index contributed by atoms with van der Waals surface area (Å²) >= 11 is 0. The van der Waals surface area contributed by atoms with E-state index in [2.05, 4.69) is 35.6 Å². The highest BCUT2D eigenvalue weighted by Gasteiger charge is 2.60. The Morgan fingerprint density at radius 1 is 0.958 bits per heavy atom. The lowest BCUT2D eigenvalue weighted by atomic mass is 9.42. The fourth-order valence-corrected chi connectivity index (χ4v) is 7.07. The zero-order chi connectivity index (χ0) is 16.2. The molecule has 0 saturated heterocycles. The predicted molar refractivity (Wildman–Crippen MR) is 95.6 cm³/mol. The van der Waals surface area contributed by atoms with E-state index in [9.17, 15) is 4.79 Å². The third-order valence-electron chi connectivity index (χ3n) is 7.62. The Balaban J connectivity index is 1.46. The Morgan fingerprint density at radius 2 is 1.62 bits per heavy atom. The van der Waals surface area contributed by atoms with Gasteiger partial charge in [-0.25, -0.2) is 0 Å². The van der Waals surface area contributed by atoms with Gasteiger partial charge in [0.1, 0.15) is 0 Å². The van der Waals surface area contributed by atoms with Crippen LogP contribution >= 0.6 is 0 Å². The third-order valence-corrected chi connectivity index (χ3v) is 7.62. The first-order valence-corrected chi connectivity index (χ1v) is 10.0. The minimum Gasteiger partial charge on any atom is -0.353 e. The van der Waals surface area contributed by atoms with E-state index >= 15 is 0 Å². The van der Waals surface area contributed by atoms with Gasteiger partial charge in [-0.2, -0.15) is 0 Å². The van der Waals surface area contributed by atoms with Crippen molar-refractivity contribution >= 4 is 5.91 Å². The van der Waals surface area contributed by atoms with Crippen LogP contribution in [-0.2, 0) is 10.2 Å². The van der Waals surface area contributed by atoms with Crippen LogP contribution in [-0.4, -0.2) is 11.9 Å². The van der Waals surface area contributed by atoms with Crippen molar-refractivity contribution in [1.82, 2.24) is 5.32 Å². The molecule has 0 unspecified atom stereocenters. The van der Waals surface area contributed by atoms with Gasteiger partial charge in [-0.15, -0.1) is 0 Å². The average molecular weight is 323 g/mol. The number of hydrogen-bond donors (Lipinski definition) is 1. The van der Waals surface area contributed by atoms with Crippen LogP contribution < -0.4 is 5.32 Å². The van der Waals surface area contributed by atoms with Gasteiger partial charge in [0.2, 0.25) is 5.91 Å². The number of carbonyl (C=O) groups is 1. The molecule has 0 aliphatic heterocycles. The summed E-state index contributed by atoms with van der Waals surface area (Å²) in [7, 11) is 0. The molecule has 5 saturated carbocycles. The number of benzene rings is 1. The summed E-state index contributed by atoms with van der Waals surface area (Å²) in [5.41, 5.74) is 1.71. The van der Waals surface area contributed by atoms with Crippen LogP contribution in [0.1, 0.15) is 69.8 Å². The molecule has 1 amide bonds. The van der Waals surface area contributed by atoms with Gasteiger partial charge < -0.3 is 5.32 Å². The molecule has 24 heavy (non-hydrogen) atoms. The summed E-state index contributed by atoms with van der Waals surface area (Å²) in [6.07, 6.45) is 12.3. The lowest BCUT2D eigenvalue weighted by Gasteiger charge is -2.61. The molecule has 0 spiro atoms. The molecule has 128 valence electrons. The molecule has 0 aromatic heterocycles. The standard InChI is InChI=1S/C22H29NO/c24-20(23-19-8-4-5-9-19)22-13-16-10-17(14-22)12-21(11-16,15-22)18-6-2-1-3-7-18/h1-3,6-7,16-17,19H,4-5,8-15H2,(H,23,24)/t16-,17-,21?,22?/m0/s1. The van der Waals surface area contributed by atoms with E-state index in [4.69, 9.17) is 0 Å². The fourth-order valence-electron chi connectivity index (χ4n) is 7.07. The second kappa shape index (κ2) is 5.34. The van der Waals surface area contributed by atoms with E-state index in [1.165, 1.54) is 50.5 Å². The van der Waals surface area contributed by atoms with Crippen LogP contribution in [0.2, 0.25) is 0 Å². The fraction of sp³-hybridized carbons (Fsp3) is 0.682. The van der Waals surface area contributed by atoms with Gasteiger partial charge in [0, 0.05) is 6.04 Å². The summed E-state index contributed by atoms with van der Waals surface area (Å²) in [6.45, 7) is 0. The maximum atomic E-state index is 13.3. The number of amides is 1. The van der Waals surface area contributed by atoms with Gasteiger partial charge in [0.15, 0.2) is 0 Å². The second-order valence-electron chi connectivity index (χ2n) is 9.34. The Hall–Kier alpha value is -1.31. The quantitative estimate of drug-likeness (QED) is 0.866. The predicted octanol–water partition coefficient (Wildman–Crippen LogP) is 4.58. The van der Waals surface area contributed by atoms with Crippen LogP contribution in [0.3, 0.4) is 0 Å². The van der Waals surface area contributed by atoms with E-state index in [1.54, 1.807) is 0 Å². The third kappa shape index (κ3) is 2.25. The van der Waals surface area contributed by atoms with Gasteiger partial charge in [-0.3, -0.25) is 4.79 Å². The van der Waals surface area contributed by atoms with Gasteiger partial charge >= 0.3 is 0 Å². The maximum absolute atomic E-state index is 13.3. The number of hydrogen-bond acceptors (Lipinski definition) is 1. The van der Waals surface area contributed by atoms with Gasteiger partial charge in [-0.05, 0) is 74.2 Å². The molecule has 2 atom stereocenters. The van der Waals surface area contributed by atoms with Crippen molar-refractivity contribution in [3.63, 3.8) is 0 Å². The van der Waals surface area contributed by atoms with Gasteiger partial charge in [-0.1, -0.05) is 43.2 Å². The zero-order valence-corrected chi connectivity index (χ0v) is 14.6. The highest BCUT2D eigenvalue weighted by molar-refractivity contribution is 5.84. The van der Waals surface area contributed by atoms with Crippen molar-refractivity contribution in [1.29, 1.82) is 0 Å². The first kappa shape index (κ1) is 15.0. The molecule has 6 rings (SSSR count). The van der Waals surface area contributed by atoms with Crippen molar-refractivity contribution in [2.45, 2.75) is 75.7 Å². The average Bonchev–Trinajstić information content (AvgIpc) is 3.07. The summed E-state index contributed by atoms with van der Waals surface area (Å²) < 4.78 is 0. The number of carbonyl (C=O) groups excluding carboxylic acids is 1. The van der Waals surface area contributed by atoms with Gasteiger partial charge in [0.25, 0.3) is 0 Å². The molecule has 0 heterocycles.